The quantitative estimate of drug-likeness (QED) is 0.712. The molecule has 0 aromatic heterocycles. The van der Waals surface area contributed by atoms with E-state index < -0.39 is 10.0 Å². The summed E-state index contributed by atoms with van der Waals surface area (Å²) in [5, 5.41) is 2.78. The predicted octanol–water partition coefficient (Wildman–Crippen LogP) is 2.12. The number of amides is 1. The van der Waals surface area contributed by atoms with Crippen molar-refractivity contribution in [1.29, 1.82) is 0 Å². The van der Waals surface area contributed by atoms with Gasteiger partial charge in [-0.1, -0.05) is 48.0 Å². The molecule has 0 heterocycles. The molecule has 0 saturated heterocycles. The van der Waals surface area contributed by atoms with E-state index in [1.54, 1.807) is 7.11 Å². The van der Waals surface area contributed by atoms with Crippen LogP contribution in [0.3, 0.4) is 0 Å². The molecule has 0 aliphatic carbocycles. The first kappa shape index (κ1) is 20.9. The Balaban J connectivity index is 1.92. The number of para-hydroxylation sites is 1. The van der Waals surface area contributed by atoms with Gasteiger partial charge in [-0.2, -0.15) is 4.31 Å². The smallest absolute Gasteiger partial charge is 0.235 e. The van der Waals surface area contributed by atoms with Crippen LogP contribution >= 0.6 is 0 Å². The van der Waals surface area contributed by atoms with Crippen LogP contribution in [0.5, 0.6) is 5.75 Å². The second kappa shape index (κ2) is 9.53. The van der Waals surface area contributed by atoms with Crippen molar-refractivity contribution in [3.63, 3.8) is 0 Å². The highest BCUT2D eigenvalue weighted by atomic mass is 32.2. The highest BCUT2D eigenvalue weighted by Gasteiger charge is 2.20. The average Bonchev–Trinajstić information content (AvgIpc) is 2.62. The summed E-state index contributed by atoms with van der Waals surface area (Å²) in [7, 11) is -1.90. The molecule has 6 nitrogen and oxygen atoms in total. The van der Waals surface area contributed by atoms with E-state index in [0.29, 0.717) is 13.0 Å². The maximum absolute atomic E-state index is 12.2. The van der Waals surface area contributed by atoms with E-state index >= 15 is 0 Å². The molecule has 146 valence electrons. The fourth-order valence-corrected chi connectivity index (χ4v) is 3.39. The highest BCUT2D eigenvalue weighted by Crippen LogP contribution is 2.17. The normalized spacial score (nSPS) is 11.4. The van der Waals surface area contributed by atoms with Crippen LogP contribution in [0.15, 0.2) is 48.5 Å². The minimum Gasteiger partial charge on any atom is -0.496 e. The molecule has 0 aliphatic heterocycles. The minimum absolute atomic E-state index is 0.166. The van der Waals surface area contributed by atoms with Crippen LogP contribution in [0.4, 0.5) is 0 Å². The Morgan fingerprint density at radius 2 is 1.78 bits per heavy atom. The van der Waals surface area contributed by atoms with Gasteiger partial charge < -0.3 is 10.1 Å². The topological polar surface area (TPSA) is 75.7 Å². The van der Waals surface area contributed by atoms with Crippen LogP contribution in [0.1, 0.15) is 16.7 Å². The van der Waals surface area contributed by atoms with Crippen LogP contribution in [0, 0.1) is 6.92 Å². The number of nitrogens with zero attached hydrogens (tertiary/aromatic N) is 1. The first-order valence-electron chi connectivity index (χ1n) is 8.69. The molecule has 2 rings (SSSR count). The Morgan fingerprint density at radius 1 is 1.11 bits per heavy atom. The zero-order chi connectivity index (χ0) is 19.9. The number of methoxy groups -OCH3 is 1. The van der Waals surface area contributed by atoms with Crippen molar-refractivity contribution in [1.82, 2.24) is 9.62 Å². The van der Waals surface area contributed by atoms with Crippen LogP contribution in [0.25, 0.3) is 0 Å². The van der Waals surface area contributed by atoms with Crippen LogP contribution in [0.2, 0.25) is 0 Å². The number of carbonyl (C=O) groups excluding carboxylic acids is 1. The molecule has 0 spiro atoms. The predicted molar refractivity (Wildman–Crippen MR) is 106 cm³/mol. The monoisotopic (exact) mass is 390 g/mol. The summed E-state index contributed by atoms with van der Waals surface area (Å²) in [6.45, 7) is 2.33. The third-order valence-electron chi connectivity index (χ3n) is 4.18. The molecular formula is C20H26N2O4S. The minimum atomic E-state index is -3.50. The van der Waals surface area contributed by atoms with E-state index in [4.69, 9.17) is 4.74 Å². The average molecular weight is 391 g/mol. The van der Waals surface area contributed by atoms with Crippen molar-refractivity contribution in [2.75, 3.05) is 26.5 Å². The van der Waals surface area contributed by atoms with Crippen molar-refractivity contribution in [3.05, 3.63) is 65.2 Å². The van der Waals surface area contributed by atoms with Gasteiger partial charge in [0.2, 0.25) is 15.9 Å². The lowest BCUT2D eigenvalue weighted by Crippen LogP contribution is -2.40. The number of rotatable bonds is 9. The number of carbonyl (C=O) groups is 1. The maximum atomic E-state index is 12.2. The van der Waals surface area contributed by atoms with Gasteiger partial charge in [0, 0.05) is 13.1 Å². The zero-order valence-corrected chi connectivity index (χ0v) is 16.8. The van der Waals surface area contributed by atoms with Crippen molar-refractivity contribution in [3.8, 4) is 5.75 Å². The number of nitrogens with one attached hydrogen (secondary N) is 1. The fraction of sp³-hybridized carbons (Fsp3) is 0.350. The summed E-state index contributed by atoms with van der Waals surface area (Å²) in [6, 6.07) is 15.2. The first-order chi connectivity index (χ1) is 12.8. The molecule has 2 aromatic rings. The van der Waals surface area contributed by atoms with Gasteiger partial charge in [0.25, 0.3) is 0 Å². The number of hydrogen-bond acceptors (Lipinski definition) is 4. The molecule has 0 bridgehead atoms. The Labute approximate surface area is 161 Å². The number of benzene rings is 2. The number of ether oxygens (including phenoxy) is 1. The second-order valence-corrected chi connectivity index (χ2v) is 8.41. The zero-order valence-electron chi connectivity index (χ0n) is 15.9. The Kier molecular flexibility index (Phi) is 7.38. The molecule has 0 fully saturated rings. The van der Waals surface area contributed by atoms with Gasteiger partial charge in [0.15, 0.2) is 0 Å². The summed E-state index contributed by atoms with van der Waals surface area (Å²) in [6.07, 6.45) is 1.72. The van der Waals surface area contributed by atoms with Gasteiger partial charge in [-0.25, -0.2) is 8.42 Å². The fourth-order valence-electron chi connectivity index (χ4n) is 2.65. The Hall–Kier alpha value is -2.38. The van der Waals surface area contributed by atoms with E-state index in [-0.39, 0.29) is 19.0 Å². The molecule has 0 radical (unpaired) electrons. The largest absolute Gasteiger partial charge is 0.496 e. The molecular weight excluding hydrogens is 364 g/mol. The first-order valence-corrected chi connectivity index (χ1v) is 10.5. The molecule has 2 aromatic carbocycles. The molecule has 0 saturated carbocycles. The van der Waals surface area contributed by atoms with Crippen LogP contribution in [-0.4, -0.2) is 45.1 Å². The van der Waals surface area contributed by atoms with Crippen molar-refractivity contribution < 1.29 is 17.9 Å². The summed E-state index contributed by atoms with van der Waals surface area (Å²) in [5.41, 5.74) is 2.92. The molecule has 27 heavy (non-hydrogen) atoms. The Morgan fingerprint density at radius 3 is 2.41 bits per heavy atom. The standard InChI is InChI=1S/C20H26N2O4S/c1-16-8-10-17(11-9-16)14-22(27(3,24)25)15-20(23)21-13-12-18-6-4-5-7-19(18)26-2/h4-11H,12-15H2,1-3H3,(H,21,23). The van der Waals surface area contributed by atoms with Crippen LogP contribution < -0.4 is 10.1 Å². The second-order valence-electron chi connectivity index (χ2n) is 6.43. The van der Waals surface area contributed by atoms with Gasteiger partial charge in [-0.05, 0) is 30.5 Å². The van der Waals surface area contributed by atoms with Gasteiger partial charge in [0.05, 0.1) is 19.9 Å². The summed E-state index contributed by atoms with van der Waals surface area (Å²) >= 11 is 0. The lowest BCUT2D eigenvalue weighted by Gasteiger charge is -2.20. The summed E-state index contributed by atoms with van der Waals surface area (Å²) < 4.78 is 30.6. The summed E-state index contributed by atoms with van der Waals surface area (Å²) in [4.78, 5) is 12.2. The Bertz CT molecular complexity index is 864. The van der Waals surface area contributed by atoms with Crippen molar-refractivity contribution in [2.45, 2.75) is 19.9 Å². The van der Waals surface area contributed by atoms with Gasteiger partial charge >= 0.3 is 0 Å². The molecule has 0 unspecified atom stereocenters. The van der Waals surface area contributed by atoms with E-state index in [1.807, 2.05) is 55.5 Å². The lowest BCUT2D eigenvalue weighted by atomic mass is 10.1. The third-order valence-corrected chi connectivity index (χ3v) is 5.37. The van der Waals surface area contributed by atoms with E-state index in [1.165, 1.54) is 4.31 Å². The number of aryl methyl sites for hydroxylation is 1. The summed E-state index contributed by atoms with van der Waals surface area (Å²) in [5.74, 6) is 0.436. The van der Waals surface area contributed by atoms with Crippen molar-refractivity contribution in [2.24, 2.45) is 0 Å². The lowest BCUT2D eigenvalue weighted by molar-refractivity contribution is -0.121. The molecule has 7 heteroatoms. The molecule has 1 N–H and O–H groups in total. The third kappa shape index (κ3) is 6.69. The maximum Gasteiger partial charge on any atom is 0.235 e. The SMILES string of the molecule is COc1ccccc1CCNC(=O)CN(Cc1ccc(C)cc1)S(C)(=O)=O. The van der Waals surface area contributed by atoms with E-state index in [2.05, 4.69) is 5.32 Å². The number of sulfonamides is 1. The highest BCUT2D eigenvalue weighted by molar-refractivity contribution is 7.88. The van der Waals surface area contributed by atoms with Gasteiger partial charge in [-0.3, -0.25) is 4.79 Å². The number of hydrogen-bond donors (Lipinski definition) is 1. The van der Waals surface area contributed by atoms with E-state index in [0.717, 1.165) is 28.7 Å². The molecule has 0 aliphatic rings. The molecule has 1 amide bonds. The van der Waals surface area contributed by atoms with E-state index in [9.17, 15) is 13.2 Å². The van der Waals surface area contributed by atoms with Crippen molar-refractivity contribution >= 4 is 15.9 Å². The van der Waals surface area contributed by atoms with Gasteiger partial charge in [0.1, 0.15) is 5.75 Å². The van der Waals surface area contributed by atoms with Gasteiger partial charge in [-0.15, -0.1) is 0 Å². The van der Waals surface area contributed by atoms with Crippen LogP contribution in [-0.2, 0) is 27.8 Å². The molecule has 0 atom stereocenters.